The standard InChI is InChI=1S/C12H11N3O3/c1-7(2)17-9-4-3-8-5-10(14-15-13)12(16)18-11(8)6-9/h3-7H,1-2H3. The Morgan fingerprint density at radius 3 is 2.83 bits per heavy atom. The lowest BCUT2D eigenvalue weighted by Gasteiger charge is -2.09. The fraction of sp³-hybridized carbons (Fsp3) is 0.250. The Balaban J connectivity index is 2.55. The number of fused-ring (bicyclic) bond motifs is 1. The maximum Gasteiger partial charge on any atom is 0.345 e. The van der Waals surface area contributed by atoms with E-state index in [9.17, 15) is 4.79 Å². The summed E-state index contributed by atoms with van der Waals surface area (Å²) in [6.07, 6.45) is 0.0386. The molecule has 1 aromatic heterocycles. The Kier molecular flexibility index (Phi) is 3.21. The minimum absolute atomic E-state index is 0.0386. The average Bonchev–Trinajstić information content (AvgIpc) is 2.30. The zero-order valence-corrected chi connectivity index (χ0v) is 9.95. The number of azide groups is 1. The molecule has 6 nitrogen and oxygen atoms in total. The van der Waals surface area contributed by atoms with Crippen LogP contribution in [0.3, 0.4) is 0 Å². The lowest BCUT2D eigenvalue weighted by Crippen LogP contribution is -2.05. The van der Waals surface area contributed by atoms with Crippen LogP contribution < -0.4 is 10.4 Å². The molecule has 6 heteroatoms. The molecule has 92 valence electrons. The van der Waals surface area contributed by atoms with Crippen molar-refractivity contribution < 1.29 is 9.15 Å². The number of hydrogen-bond donors (Lipinski definition) is 0. The molecule has 0 bridgehead atoms. The maximum absolute atomic E-state index is 11.5. The molecule has 0 aliphatic heterocycles. The van der Waals surface area contributed by atoms with Gasteiger partial charge in [0.1, 0.15) is 17.0 Å². The molecule has 0 atom stereocenters. The minimum Gasteiger partial charge on any atom is -0.491 e. The molecule has 0 aliphatic carbocycles. The van der Waals surface area contributed by atoms with E-state index in [4.69, 9.17) is 14.7 Å². The molecule has 1 heterocycles. The fourth-order valence-corrected chi connectivity index (χ4v) is 1.54. The Bertz CT molecular complexity index is 685. The van der Waals surface area contributed by atoms with Crippen LogP contribution in [0.4, 0.5) is 5.69 Å². The highest BCUT2D eigenvalue weighted by molar-refractivity contribution is 5.80. The van der Waals surface area contributed by atoms with E-state index in [1.165, 1.54) is 6.07 Å². The lowest BCUT2D eigenvalue weighted by molar-refractivity contribution is 0.242. The van der Waals surface area contributed by atoms with Gasteiger partial charge in [-0.2, -0.15) is 0 Å². The van der Waals surface area contributed by atoms with Crippen LogP contribution in [0.25, 0.3) is 21.4 Å². The summed E-state index contributed by atoms with van der Waals surface area (Å²) in [6.45, 7) is 3.82. The van der Waals surface area contributed by atoms with Gasteiger partial charge in [-0.1, -0.05) is 5.11 Å². The van der Waals surface area contributed by atoms with Crippen LogP contribution in [0.15, 0.2) is 38.6 Å². The second kappa shape index (κ2) is 4.81. The summed E-state index contributed by atoms with van der Waals surface area (Å²) in [4.78, 5) is 14.1. The normalized spacial score (nSPS) is 10.4. The van der Waals surface area contributed by atoms with Crippen LogP contribution in [0.5, 0.6) is 5.75 Å². The summed E-state index contributed by atoms with van der Waals surface area (Å²) < 4.78 is 10.6. The first kappa shape index (κ1) is 12.0. The Labute approximate surface area is 102 Å². The third kappa shape index (κ3) is 2.44. The van der Waals surface area contributed by atoms with Crippen molar-refractivity contribution in [3.8, 4) is 5.75 Å². The molecule has 1 aromatic carbocycles. The number of nitrogens with zero attached hydrogens (tertiary/aromatic N) is 3. The summed E-state index contributed by atoms with van der Waals surface area (Å²) in [5.41, 5.74) is 8.00. The largest absolute Gasteiger partial charge is 0.491 e. The zero-order valence-electron chi connectivity index (χ0n) is 9.95. The molecular weight excluding hydrogens is 234 g/mol. The summed E-state index contributed by atoms with van der Waals surface area (Å²) in [5, 5.41) is 3.94. The number of rotatable bonds is 3. The van der Waals surface area contributed by atoms with E-state index in [2.05, 4.69) is 10.0 Å². The third-order valence-electron chi connectivity index (χ3n) is 2.21. The molecule has 0 aliphatic rings. The van der Waals surface area contributed by atoms with Gasteiger partial charge in [0.2, 0.25) is 0 Å². The van der Waals surface area contributed by atoms with Crippen molar-refractivity contribution >= 4 is 16.7 Å². The topological polar surface area (TPSA) is 88.2 Å². The van der Waals surface area contributed by atoms with Gasteiger partial charge in [-0.25, -0.2) is 4.79 Å². The molecule has 0 saturated heterocycles. The van der Waals surface area contributed by atoms with E-state index >= 15 is 0 Å². The molecule has 0 unspecified atom stereocenters. The monoisotopic (exact) mass is 245 g/mol. The molecule has 18 heavy (non-hydrogen) atoms. The minimum atomic E-state index is -0.665. The van der Waals surface area contributed by atoms with Crippen molar-refractivity contribution in [3.63, 3.8) is 0 Å². The first-order valence-corrected chi connectivity index (χ1v) is 5.40. The zero-order chi connectivity index (χ0) is 13.1. The molecule has 0 N–H and O–H groups in total. The average molecular weight is 245 g/mol. The first-order valence-electron chi connectivity index (χ1n) is 5.40. The molecule has 0 amide bonds. The van der Waals surface area contributed by atoms with E-state index in [0.717, 1.165) is 0 Å². The number of ether oxygens (including phenoxy) is 1. The van der Waals surface area contributed by atoms with Crippen LogP contribution in [0.1, 0.15) is 13.8 Å². The van der Waals surface area contributed by atoms with Gasteiger partial charge in [0.15, 0.2) is 0 Å². The van der Waals surface area contributed by atoms with Crippen molar-refractivity contribution in [3.05, 3.63) is 45.1 Å². The van der Waals surface area contributed by atoms with Gasteiger partial charge in [0.05, 0.1) is 6.10 Å². The third-order valence-corrected chi connectivity index (χ3v) is 2.21. The van der Waals surface area contributed by atoms with Crippen LogP contribution >= 0.6 is 0 Å². The molecule has 2 rings (SSSR count). The Morgan fingerprint density at radius 2 is 2.17 bits per heavy atom. The highest BCUT2D eigenvalue weighted by Gasteiger charge is 2.05. The quantitative estimate of drug-likeness (QED) is 0.358. The van der Waals surface area contributed by atoms with E-state index < -0.39 is 5.63 Å². The number of benzene rings is 1. The van der Waals surface area contributed by atoms with Gasteiger partial charge in [-0.15, -0.1) is 0 Å². The highest BCUT2D eigenvalue weighted by Crippen LogP contribution is 2.23. The molecule has 0 spiro atoms. The fourth-order valence-electron chi connectivity index (χ4n) is 1.54. The summed E-state index contributed by atoms with van der Waals surface area (Å²) in [7, 11) is 0. The van der Waals surface area contributed by atoms with Gasteiger partial charge in [-0.3, -0.25) is 0 Å². The van der Waals surface area contributed by atoms with E-state index in [0.29, 0.717) is 16.7 Å². The second-order valence-electron chi connectivity index (χ2n) is 3.97. The van der Waals surface area contributed by atoms with Gasteiger partial charge in [0, 0.05) is 16.4 Å². The second-order valence-corrected chi connectivity index (χ2v) is 3.97. The lowest BCUT2D eigenvalue weighted by atomic mass is 10.2. The highest BCUT2D eigenvalue weighted by atomic mass is 16.5. The number of hydrogen-bond acceptors (Lipinski definition) is 4. The van der Waals surface area contributed by atoms with E-state index in [1.54, 1.807) is 18.2 Å². The molecular formula is C12H11N3O3. The van der Waals surface area contributed by atoms with Gasteiger partial charge >= 0.3 is 5.63 Å². The van der Waals surface area contributed by atoms with Crippen molar-refractivity contribution in [1.29, 1.82) is 0 Å². The van der Waals surface area contributed by atoms with Gasteiger partial charge in [0.25, 0.3) is 0 Å². The van der Waals surface area contributed by atoms with Crippen LogP contribution in [-0.4, -0.2) is 6.10 Å². The van der Waals surface area contributed by atoms with Crippen molar-refractivity contribution in [2.75, 3.05) is 0 Å². The van der Waals surface area contributed by atoms with E-state index in [1.807, 2.05) is 13.8 Å². The molecule has 2 aromatic rings. The predicted octanol–water partition coefficient (Wildman–Crippen LogP) is 3.52. The molecule has 0 saturated carbocycles. The van der Waals surface area contributed by atoms with Gasteiger partial charge < -0.3 is 9.15 Å². The SMILES string of the molecule is CC(C)Oc1ccc2cc(N=[N+]=[N-])c(=O)oc2c1. The van der Waals surface area contributed by atoms with Gasteiger partial charge in [-0.05, 0) is 37.6 Å². The van der Waals surface area contributed by atoms with Crippen LogP contribution in [0, 0.1) is 0 Å². The van der Waals surface area contributed by atoms with Crippen molar-refractivity contribution in [1.82, 2.24) is 0 Å². The summed E-state index contributed by atoms with van der Waals surface area (Å²) >= 11 is 0. The summed E-state index contributed by atoms with van der Waals surface area (Å²) in [5.74, 6) is 0.622. The van der Waals surface area contributed by atoms with E-state index in [-0.39, 0.29) is 11.8 Å². The smallest absolute Gasteiger partial charge is 0.345 e. The van der Waals surface area contributed by atoms with Crippen molar-refractivity contribution in [2.24, 2.45) is 5.11 Å². The first-order chi connectivity index (χ1) is 8.60. The molecule has 0 radical (unpaired) electrons. The Hall–Kier alpha value is -2.46. The Morgan fingerprint density at radius 1 is 1.39 bits per heavy atom. The predicted molar refractivity (Wildman–Crippen MR) is 67.1 cm³/mol. The van der Waals surface area contributed by atoms with Crippen LogP contribution in [-0.2, 0) is 0 Å². The maximum atomic E-state index is 11.5. The van der Waals surface area contributed by atoms with Crippen LogP contribution in [0.2, 0.25) is 0 Å². The van der Waals surface area contributed by atoms with Crippen molar-refractivity contribution in [2.45, 2.75) is 20.0 Å². The molecule has 0 fully saturated rings. The summed E-state index contributed by atoms with van der Waals surface area (Å²) in [6, 6.07) is 6.63.